The molecule has 0 bridgehead atoms. The second-order valence-corrected chi connectivity index (χ2v) is 4.81. The van der Waals surface area contributed by atoms with E-state index in [4.69, 9.17) is 11.6 Å². The Labute approximate surface area is 122 Å². The molecule has 0 spiro atoms. The third-order valence-corrected chi connectivity index (χ3v) is 3.44. The lowest BCUT2D eigenvalue weighted by atomic mass is 10.1. The Kier molecular flexibility index (Phi) is 4.58. The molecule has 0 unspecified atom stereocenters. The summed E-state index contributed by atoms with van der Waals surface area (Å²) in [5, 5.41) is 14.2. The molecule has 0 aliphatic rings. The van der Waals surface area contributed by atoms with Gasteiger partial charge in [0.1, 0.15) is 5.02 Å². The van der Waals surface area contributed by atoms with Crippen molar-refractivity contribution >= 4 is 23.0 Å². The Morgan fingerprint density at radius 1 is 1.20 bits per heavy atom. The summed E-state index contributed by atoms with van der Waals surface area (Å²) in [6, 6.07) is 12.9. The lowest BCUT2D eigenvalue weighted by Gasteiger charge is -2.10. The average molecular weight is 291 g/mol. The number of anilines is 1. The minimum Gasteiger partial charge on any atom is -0.381 e. The van der Waals surface area contributed by atoms with Crippen molar-refractivity contribution in [2.45, 2.75) is 19.9 Å². The summed E-state index contributed by atoms with van der Waals surface area (Å²) in [7, 11) is 0. The SMILES string of the molecule is CCc1ccccc1CNc1ccc(Cl)c([N+](=O)[O-])c1. The van der Waals surface area contributed by atoms with Crippen molar-refractivity contribution < 1.29 is 4.92 Å². The number of nitrogens with one attached hydrogen (secondary N) is 1. The van der Waals surface area contributed by atoms with Crippen LogP contribution in [0.2, 0.25) is 5.02 Å². The van der Waals surface area contributed by atoms with E-state index in [9.17, 15) is 10.1 Å². The minimum atomic E-state index is -0.479. The highest BCUT2D eigenvalue weighted by molar-refractivity contribution is 6.32. The van der Waals surface area contributed by atoms with Crippen molar-refractivity contribution in [3.8, 4) is 0 Å². The van der Waals surface area contributed by atoms with E-state index in [-0.39, 0.29) is 10.7 Å². The van der Waals surface area contributed by atoms with Crippen molar-refractivity contribution in [2.75, 3.05) is 5.32 Å². The predicted octanol–water partition coefficient (Wildman–Crippen LogP) is 4.42. The first-order valence-electron chi connectivity index (χ1n) is 6.36. The Morgan fingerprint density at radius 3 is 2.55 bits per heavy atom. The van der Waals surface area contributed by atoms with Gasteiger partial charge in [0.25, 0.3) is 5.69 Å². The fourth-order valence-corrected chi connectivity index (χ4v) is 2.22. The molecule has 4 nitrogen and oxygen atoms in total. The number of rotatable bonds is 5. The van der Waals surface area contributed by atoms with Crippen molar-refractivity contribution in [3.63, 3.8) is 0 Å². The fraction of sp³-hybridized carbons (Fsp3) is 0.200. The van der Waals surface area contributed by atoms with Crippen LogP contribution in [0.5, 0.6) is 0 Å². The molecule has 5 heteroatoms. The summed E-state index contributed by atoms with van der Waals surface area (Å²) in [5.74, 6) is 0. The van der Waals surface area contributed by atoms with E-state index in [1.807, 2.05) is 12.1 Å². The molecule has 0 aliphatic carbocycles. The summed E-state index contributed by atoms with van der Waals surface area (Å²) < 4.78 is 0. The number of halogens is 1. The van der Waals surface area contributed by atoms with E-state index in [0.717, 1.165) is 6.42 Å². The lowest BCUT2D eigenvalue weighted by Crippen LogP contribution is -2.03. The van der Waals surface area contributed by atoms with Crippen LogP contribution in [-0.4, -0.2) is 4.92 Å². The molecule has 2 aromatic rings. The standard InChI is InChI=1S/C15H15ClN2O2/c1-2-11-5-3-4-6-12(11)10-17-13-7-8-14(16)15(9-13)18(19)20/h3-9,17H,2,10H2,1H3. The monoisotopic (exact) mass is 290 g/mol. The molecule has 20 heavy (non-hydrogen) atoms. The highest BCUT2D eigenvalue weighted by atomic mass is 35.5. The van der Waals surface area contributed by atoms with Gasteiger partial charge < -0.3 is 5.32 Å². The van der Waals surface area contributed by atoms with Crippen LogP contribution in [0.25, 0.3) is 0 Å². The summed E-state index contributed by atoms with van der Waals surface area (Å²) in [6.45, 7) is 2.73. The van der Waals surface area contributed by atoms with Crippen LogP contribution in [0.4, 0.5) is 11.4 Å². The number of nitro benzene ring substituents is 1. The largest absolute Gasteiger partial charge is 0.381 e. The summed E-state index contributed by atoms with van der Waals surface area (Å²) in [6.07, 6.45) is 0.957. The van der Waals surface area contributed by atoms with Gasteiger partial charge in [-0.1, -0.05) is 42.8 Å². The van der Waals surface area contributed by atoms with Gasteiger partial charge in [0.2, 0.25) is 0 Å². The molecule has 0 atom stereocenters. The van der Waals surface area contributed by atoms with Gasteiger partial charge >= 0.3 is 0 Å². The normalized spacial score (nSPS) is 10.3. The van der Waals surface area contributed by atoms with Crippen molar-refractivity contribution in [1.82, 2.24) is 0 Å². The molecular formula is C15H15ClN2O2. The van der Waals surface area contributed by atoms with E-state index < -0.39 is 4.92 Å². The van der Waals surface area contributed by atoms with Crippen LogP contribution < -0.4 is 5.32 Å². The molecule has 2 rings (SSSR count). The van der Waals surface area contributed by atoms with Crippen molar-refractivity contribution in [1.29, 1.82) is 0 Å². The van der Waals surface area contributed by atoms with E-state index in [0.29, 0.717) is 12.2 Å². The maximum Gasteiger partial charge on any atom is 0.289 e. The fourth-order valence-electron chi connectivity index (χ4n) is 2.03. The van der Waals surface area contributed by atoms with Crippen LogP contribution >= 0.6 is 11.6 Å². The summed E-state index contributed by atoms with van der Waals surface area (Å²) >= 11 is 5.79. The van der Waals surface area contributed by atoms with Gasteiger partial charge in [-0.25, -0.2) is 0 Å². The second kappa shape index (κ2) is 6.39. The van der Waals surface area contributed by atoms with Gasteiger partial charge in [-0.2, -0.15) is 0 Å². The van der Waals surface area contributed by atoms with Gasteiger partial charge in [-0.3, -0.25) is 10.1 Å². The summed E-state index contributed by atoms with van der Waals surface area (Å²) in [5.41, 5.74) is 3.06. The number of aryl methyl sites for hydroxylation is 1. The Morgan fingerprint density at radius 2 is 1.90 bits per heavy atom. The van der Waals surface area contributed by atoms with E-state index in [1.54, 1.807) is 6.07 Å². The topological polar surface area (TPSA) is 55.2 Å². The number of hydrogen-bond acceptors (Lipinski definition) is 3. The van der Waals surface area contributed by atoms with Crippen molar-refractivity contribution in [2.24, 2.45) is 0 Å². The van der Waals surface area contributed by atoms with Gasteiger partial charge in [0.05, 0.1) is 4.92 Å². The van der Waals surface area contributed by atoms with Gasteiger partial charge in [0, 0.05) is 18.3 Å². The summed E-state index contributed by atoms with van der Waals surface area (Å²) in [4.78, 5) is 10.4. The smallest absolute Gasteiger partial charge is 0.289 e. The molecule has 104 valence electrons. The molecule has 2 aromatic carbocycles. The Hall–Kier alpha value is -2.07. The number of nitro groups is 1. The van der Waals surface area contributed by atoms with Crippen LogP contribution in [0.3, 0.4) is 0 Å². The maximum atomic E-state index is 10.8. The number of hydrogen-bond donors (Lipinski definition) is 1. The zero-order valence-electron chi connectivity index (χ0n) is 11.1. The zero-order chi connectivity index (χ0) is 14.5. The highest BCUT2D eigenvalue weighted by Gasteiger charge is 2.12. The first kappa shape index (κ1) is 14.3. The van der Waals surface area contributed by atoms with E-state index in [2.05, 4.69) is 24.4 Å². The predicted molar refractivity (Wildman–Crippen MR) is 81.3 cm³/mol. The lowest BCUT2D eigenvalue weighted by molar-refractivity contribution is -0.384. The van der Waals surface area contributed by atoms with Crippen molar-refractivity contribution in [3.05, 3.63) is 68.7 Å². The van der Waals surface area contributed by atoms with Crippen LogP contribution in [0.15, 0.2) is 42.5 Å². The van der Waals surface area contributed by atoms with Crippen LogP contribution in [-0.2, 0) is 13.0 Å². The maximum absolute atomic E-state index is 10.8. The van der Waals surface area contributed by atoms with Gasteiger partial charge in [-0.15, -0.1) is 0 Å². The highest BCUT2D eigenvalue weighted by Crippen LogP contribution is 2.27. The number of benzene rings is 2. The molecule has 0 aromatic heterocycles. The van der Waals surface area contributed by atoms with Crippen LogP contribution in [0.1, 0.15) is 18.1 Å². The number of nitrogens with zero attached hydrogens (tertiary/aromatic N) is 1. The molecule has 0 fully saturated rings. The molecule has 0 heterocycles. The first-order chi connectivity index (χ1) is 9.61. The molecule has 0 amide bonds. The first-order valence-corrected chi connectivity index (χ1v) is 6.74. The molecule has 0 aliphatic heterocycles. The quantitative estimate of drug-likeness (QED) is 0.655. The van der Waals surface area contributed by atoms with E-state index >= 15 is 0 Å². The third kappa shape index (κ3) is 3.27. The average Bonchev–Trinajstić information content (AvgIpc) is 2.46. The molecular weight excluding hydrogens is 276 g/mol. The second-order valence-electron chi connectivity index (χ2n) is 4.40. The van der Waals surface area contributed by atoms with Crippen LogP contribution in [0, 0.1) is 10.1 Å². The third-order valence-electron chi connectivity index (χ3n) is 3.13. The molecule has 0 saturated heterocycles. The zero-order valence-corrected chi connectivity index (χ0v) is 11.9. The van der Waals surface area contributed by atoms with Gasteiger partial charge in [-0.05, 0) is 29.7 Å². The molecule has 1 N–H and O–H groups in total. The molecule has 0 radical (unpaired) electrons. The Bertz CT molecular complexity index is 629. The van der Waals surface area contributed by atoms with Gasteiger partial charge in [0.15, 0.2) is 0 Å². The minimum absolute atomic E-state index is 0.0829. The molecule has 0 saturated carbocycles. The Balaban J connectivity index is 2.15. The van der Waals surface area contributed by atoms with E-state index in [1.165, 1.54) is 23.3 Å².